The molecule has 1 fully saturated rings. The van der Waals surface area contributed by atoms with Crippen molar-refractivity contribution in [1.29, 1.82) is 0 Å². The Morgan fingerprint density at radius 1 is 1.33 bits per heavy atom. The molecule has 1 aliphatic heterocycles. The third-order valence-electron chi connectivity index (χ3n) is 5.14. The molecule has 3 heterocycles. The second-order valence-corrected chi connectivity index (χ2v) is 6.71. The summed E-state index contributed by atoms with van der Waals surface area (Å²) in [6.07, 6.45) is 3.63. The van der Waals surface area contributed by atoms with E-state index in [4.69, 9.17) is 10.1 Å². The Morgan fingerprint density at radius 2 is 2.04 bits per heavy atom. The lowest BCUT2D eigenvalue weighted by atomic mass is 9.93. The quantitative estimate of drug-likeness (QED) is 0.934. The molecule has 6 nitrogen and oxygen atoms in total. The number of nitrogens with one attached hydrogen (secondary N) is 1. The number of hydrogen-bond acceptors (Lipinski definition) is 4. The van der Waals surface area contributed by atoms with Gasteiger partial charge in [-0.05, 0) is 39.0 Å². The summed E-state index contributed by atoms with van der Waals surface area (Å²) in [6, 6.07) is 2.16. The van der Waals surface area contributed by atoms with Gasteiger partial charge in [0.15, 0.2) is 5.65 Å². The highest BCUT2D eigenvalue weighted by atomic mass is 16.1. The largest absolute Gasteiger partial charge is 0.359 e. The number of hydrogen-bond donors (Lipinski definition) is 1. The second-order valence-electron chi connectivity index (χ2n) is 6.71. The van der Waals surface area contributed by atoms with Gasteiger partial charge in [0, 0.05) is 43.9 Å². The molecule has 0 saturated carbocycles. The maximum Gasteiger partial charge on any atom is 0.220 e. The van der Waals surface area contributed by atoms with Gasteiger partial charge in [-0.15, -0.1) is 0 Å². The lowest BCUT2D eigenvalue weighted by Crippen LogP contribution is -2.36. The number of anilines is 1. The predicted octanol–water partition coefficient (Wildman–Crippen LogP) is 2.26. The third-order valence-corrected chi connectivity index (χ3v) is 5.14. The molecule has 2 aromatic rings. The average molecular weight is 329 g/mol. The second kappa shape index (κ2) is 6.79. The molecule has 1 saturated heterocycles. The van der Waals surface area contributed by atoms with Gasteiger partial charge in [0.1, 0.15) is 5.82 Å². The summed E-state index contributed by atoms with van der Waals surface area (Å²) < 4.78 is 1.99. The summed E-state index contributed by atoms with van der Waals surface area (Å²) in [5.74, 6) is 1.75. The molecule has 0 radical (unpaired) electrons. The van der Waals surface area contributed by atoms with Crippen LogP contribution < -0.4 is 10.2 Å². The van der Waals surface area contributed by atoms with Crippen LogP contribution in [0.1, 0.15) is 43.1 Å². The average Bonchev–Trinajstić information content (AvgIpc) is 2.89. The number of aryl methyl sites for hydroxylation is 3. The topological polar surface area (TPSA) is 62.5 Å². The van der Waals surface area contributed by atoms with E-state index in [-0.39, 0.29) is 5.91 Å². The van der Waals surface area contributed by atoms with E-state index < -0.39 is 0 Å². The molecule has 3 rings (SSSR count). The van der Waals surface area contributed by atoms with Gasteiger partial charge in [-0.1, -0.05) is 6.92 Å². The molecule has 6 heteroatoms. The van der Waals surface area contributed by atoms with Gasteiger partial charge in [0.2, 0.25) is 5.91 Å². The fourth-order valence-corrected chi connectivity index (χ4v) is 3.40. The molecule has 0 aliphatic carbocycles. The van der Waals surface area contributed by atoms with Gasteiger partial charge in [-0.3, -0.25) is 4.79 Å². The minimum Gasteiger partial charge on any atom is -0.359 e. The van der Waals surface area contributed by atoms with Crippen LogP contribution in [-0.2, 0) is 11.2 Å². The lowest BCUT2D eigenvalue weighted by Gasteiger charge is -2.33. The number of piperidine rings is 1. The van der Waals surface area contributed by atoms with Gasteiger partial charge in [0.05, 0.1) is 5.69 Å². The van der Waals surface area contributed by atoms with E-state index in [2.05, 4.69) is 30.1 Å². The molecule has 1 N–H and O–H groups in total. The van der Waals surface area contributed by atoms with Crippen LogP contribution in [0.3, 0.4) is 0 Å². The molecule has 1 aliphatic rings. The smallest absolute Gasteiger partial charge is 0.220 e. The van der Waals surface area contributed by atoms with E-state index in [0.717, 1.165) is 60.8 Å². The Hall–Kier alpha value is -2.11. The Balaban J connectivity index is 1.85. The molecule has 0 spiro atoms. The number of carbonyl (C=O) groups is 1. The summed E-state index contributed by atoms with van der Waals surface area (Å²) in [6.45, 7) is 8.18. The van der Waals surface area contributed by atoms with E-state index in [1.54, 1.807) is 7.05 Å². The Morgan fingerprint density at radius 3 is 2.67 bits per heavy atom. The fourth-order valence-electron chi connectivity index (χ4n) is 3.40. The number of carbonyl (C=O) groups excluding carboxylic acids is 1. The van der Waals surface area contributed by atoms with Crippen LogP contribution >= 0.6 is 0 Å². The molecular formula is C18H27N5O. The maximum absolute atomic E-state index is 11.6. The lowest BCUT2D eigenvalue weighted by molar-refractivity contribution is -0.121. The van der Waals surface area contributed by atoms with E-state index in [1.165, 1.54) is 0 Å². The Kier molecular flexibility index (Phi) is 4.73. The van der Waals surface area contributed by atoms with Crippen molar-refractivity contribution in [1.82, 2.24) is 19.9 Å². The normalized spacial score (nSPS) is 15.9. The number of amides is 1. The van der Waals surface area contributed by atoms with Gasteiger partial charge in [0.25, 0.3) is 0 Å². The van der Waals surface area contributed by atoms with Crippen LogP contribution in [0.25, 0.3) is 5.65 Å². The van der Waals surface area contributed by atoms with Crippen molar-refractivity contribution in [2.45, 2.75) is 46.5 Å². The molecule has 0 unspecified atom stereocenters. The highest BCUT2D eigenvalue weighted by Gasteiger charge is 2.24. The third kappa shape index (κ3) is 3.09. The molecule has 130 valence electrons. The van der Waals surface area contributed by atoms with Crippen molar-refractivity contribution in [3.05, 3.63) is 23.0 Å². The van der Waals surface area contributed by atoms with Crippen LogP contribution in [0.15, 0.2) is 6.07 Å². The van der Waals surface area contributed by atoms with Gasteiger partial charge < -0.3 is 10.2 Å². The fraction of sp³-hybridized carbons (Fsp3) is 0.611. The molecule has 0 atom stereocenters. The highest BCUT2D eigenvalue weighted by Crippen LogP contribution is 2.27. The van der Waals surface area contributed by atoms with Gasteiger partial charge in [-0.2, -0.15) is 9.61 Å². The van der Waals surface area contributed by atoms with E-state index in [1.807, 2.05) is 11.4 Å². The van der Waals surface area contributed by atoms with Crippen LogP contribution in [-0.4, -0.2) is 40.6 Å². The van der Waals surface area contributed by atoms with E-state index >= 15 is 0 Å². The minimum absolute atomic E-state index is 0.145. The standard InChI is InChI=1S/C18H27N5O/c1-5-15-11-17(23-18(20-15)12(2)13(3)21-23)22-8-6-14(7-9-22)10-16(24)19-4/h11,14H,5-10H2,1-4H3,(H,19,24). The molecule has 1 amide bonds. The SMILES string of the molecule is CCc1cc(N2CCC(CC(=O)NC)CC2)n2nc(C)c(C)c2n1. The van der Waals surface area contributed by atoms with Crippen molar-refractivity contribution in [2.24, 2.45) is 5.92 Å². The molecule has 24 heavy (non-hydrogen) atoms. The van der Waals surface area contributed by atoms with Crippen molar-refractivity contribution >= 4 is 17.4 Å². The summed E-state index contributed by atoms with van der Waals surface area (Å²) in [4.78, 5) is 18.7. The monoisotopic (exact) mass is 329 g/mol. The van der Waals surface area contributed by atoms with Gasteiger partial charge in [-0.25, -0.2) is 4.98 Å². The zero-order valence-electron chi connectivity index (χ0n) is 15.1. The van der Waals surface area contributed by atoms with Crippen LogP contribution in [0.5, 0.6) is 0 Å². The van der Waals surface area contributed by atoms with Crippen LogP contribution in [0.2, 0.25) is 0 Å². The minimum atomic E-state index is 0.145. The summed E-state index contributed by atoms with van der Waals surface area (Å²) in [7, 11) is 1.71. The first kappa shape index (κ1) is 16.7. The van der Waals surface area contributed by atoms with Crippen molar-refractivity contribution in [3.8, 4) is 0 Å². The van der Waals surface area contributed by atoms with Crippen LogP contribution in [0, 0.1) is 19.8 Å². The maximum atomic E-state index is 11.6. The Labute approximate surface area is 143 Å². The summed E-state index contributed by atoms with van der Waals surface area (Å²) >= 11 is 0. The predicted molar refractivity (Wildman–Crippen MR) is 95.5 cm³/mol. The van der Waals surface area contributed by atoms with E-state index in [0.29, 0.717) is 12.3 Å². The first-order chi connectivity index (χ1) is 11.5. The molecular weight excluding hydrogens is 302 g/mol. The molecule has 2 aromatic heterocycles. The molecule has 0 aromatic carbocycles. The van der Waals surface area contributed by atoms with E-state index in [9.17, 15) is 4.79 Å². The highest BCUT2D eigenvalue weighted by molar-refractivity contribution is 5.75. The van der Waals surface area contributed by atoms with Crippen molar-refractivity contribution in [2.75, 3.05) is 25.0 Å². The van der Waals surface area contributed by atoms with Crippen LogP contribution in [0.4, 0.5) is 5.82 Å². The summed E-state index contributed by atoms with van der Waals surface area (Å²) in [5, 5.41) is 7.42. The van der Waals surface area contributed by atoms with Crippen molar-refractivity contribution in [3.63, 3.8) is 0 Å². The molecule has 0 bridgehead atoms. The number of nitrogens with zero attached hydrogens (tertiary/aromatic N) is 4. The zero-order valence-corrected chi connectivity index (χ0v) is 15.1. The number of rotatable bonds is 4. The van der Waals surface area contributed by atoms with Gasteiger partial charge >= 0.3 is 0 Å². The first-order valence-corrected chi connectivity index (χ1v) is 8.84. The first-order valence-electron chi connectivity index (χ1n) is 8.84. The number of aromatic nitrogens is 3. The number of fused-ring (bicyclic) bond motifs is 1. The Bertz CT molecular complexity index is 743. The summed E-state index contributed by atoms with van der Waals surface area (Å²) in [5.41, 5.74) is 4.26. The van der Waals surface area contributed by atoms with Crippen molar-refractivity contribution < 1.29 is 4.79 Å². The zero-order chi connectivity index (χ0) is 17.3.